The smallest absolute Gasteiger partial charge is 0.0153 e. The van der Waals surface area contributed by atoms with Gasteiger partial charge >= 0.3 is 0 Å². The van der Waals surface area contributed by atoms with Crippen LogP contribution in [-0.4, -0.2) is 23.5 Å². The fraction of sp³-hybridized carbons (Fsp3) is 0.889. The van der Waals surface area contributed by atoms with E-state index in [1.165, 1.54) is 0 Å². The normalized spacial score (nSPS) is 12.6. The van der Waals surface area contributed by atoms with Crippen molar-refractivity contribution >= 4 is 0 Å². The van der Waals surface area contributed by atoms with E-state index in [2.05, 4.69) is 39.5 Å². The monoisotopic (exact) mass is 142 g/mol. The Hall–Kier alpha value is -0.0400. The Morgan fingerprint density at radius 2 is 1.60 bits per heavy atom. The van der Waals surface area contributed by atoms with Gasteiger partial charge in [0, 0.05) is 5.54 Å². The molecule has 0 aromatic carbocycles. The molecule has 10 heavy (non-hydrogen) atoms. The first kappa shape index (κ1) is 9.96. The molecule has 0 atom stereocenters. The van der Waals surface area contributed by atoms with Gasteiger partial charge in [-0.1, -0.05) is 20.8 Å². The standard InChI is InChI=1S/C9H20N/c1-6-9(4,5)10(7-2)8-3/h1,6-8H2,2-5H3. The molecule has 1 radical (unpaired) electrons. The Morgan fingerprint density at radius 3 is 1.70 bits per heavy atom. The molecule has 0 aliphatic rings. The van der Waals surface area contributed by atoms with E-state index in [4.69, 9.17) is 0 Å². The molecule has 0 heterocycles. The van der Waals surface area contributed by atoms with E-state index < -0.39 is 0 Å². The van der Waals surface area contributed by atoms with Crippen LogP contribution in [0, 0.1) is 6.92 Å². The third-order valence-corrected chi connectivity index (χ3v) is 2.23. The van der Waals surface area contributed by atoms with Gasteiger partial charge in [-0.25, -0.2) is 0 Å². The summed E-state index contributed by atoms with van der Waals surface area (Å²) in [5.41, 5.74) is 0.281. The Morgan fingerprint density at radius 1 is 1.20 bits per heavy atom. The van der Waals surface area contributed by atoms with Crippen molar-refractivity contribution < 1.29 is 0 Å². The lowest BCUT2D eigenvalue weighted by Gasteiger charge is -2.36. The van der Waals surface area contributed by atoms with Gasteiger partial charge in [0.1, 0.15) is 0 Å². The van der Waals surface area contributed by atoms with Crippen molar-refractivity contribution in [2.45, 2.75) is 39.7 Å². The number of hydrogen-bond donors (Lipinski definition) is 0. The minimum absolute atomic E-state index is 0.281. The molecule has 1 heteroatoms. The van der Waals surface area contributed by atoms with E-state index in [9.17, 15) is 0 Å². The Labute approximate surface area is 65.4 Å². The maximum atomic E-state index is 3.93. The topological polar surface area (TPSA) is 3.24 Å². The zero-order valence-corrected chi connectivity index (χ0v) is 7.78. The summed E-state index contributed by atoms with van der Waals surface area (Å²) in [7, 11) is 0. The van der Waals surface area contributed by atoms with E-state index >= 15 is 0 Å². The van der Waals surface area contributed by atoms with Gasteiger partial charge in [-0.3, -0.25) is 4.90 Å². The second kappa shape index (κ2) is 3.97. The maximum absolute atomic E-state index is 3.93. The van der Waals surface area contributed by atoms with Crippen LogP contribution < -0.4 is 0 Å². The Kier molecular flexibility index (Phi) is 3.95. The number of rotatable bonds is 4. The number of nitrogens with zero attached hydrogens (tertiary/aromatic N) is 1. The molecule has 0 saturated carbocycles. The lowest BCUT2D eigenvalue weighted by atomic mass is 9.99. The van der Waals surface area contributed by atoms with E-state index in [1.54, 1.807) is 0 Å². The molecule has 0 rings (SSSR count). The maximum Gasteiger partial charge on any atom is 0.0153 e. The summed E-state index contributed by atoms with van der Waals surface area (Å²) in [6.07, 6.45) is 0.981. The summed E-state index contributed by atoms with van der Waals surface area (Å²) in [4.78, 5) is 2.43. The van der Waals surface area contributed by atoms with Crippen LogP contribution in [0.1, 0.15) is 34.1 Å². The molecule has 0 unspecified atom stereocenters. The average molecular weight is 142 g/mol. The predicted molar refractivity (Wildman–Crippen MR) is 47.0 cm³/mol. The van der Waals surface area contributed by atoms with Crippen molar-refractivity contribution in [3.05, 3.63) is 6.92 Å². The second-order valence-electron chi connectivity index (χ2n) is 3.23. The molecule has 0 aromatic heterocycles. The summed E-state index contributed by atoms with van der Waals surface area (Å²) in [6, 6.07) is 0. The highest BCUT2D eigenvalue weighted by atomic mass is 15.2. The van der Waals surface area contributed by atoms with Crippen LogP contribution >= 0.6 is 0 Å². The van der Waals surface area contributed by atoms with Gasteiger partial charge < -0.3 is 0 Å². The van der Waals surface area contributed by atoms with Crippen molar-refractivity contribution in [2.24, 2.45) is 0 Å². The zero-order chi connectivity index (χ0) is 8.20. The first-order valence-electron chi connectivity index (χ1n) is 4.12. The summed E-state index contributed by atoms with van der Waals surface area (Å²) in [6.45, 7) is 15.1. The fourth-order valence-electron chi connectivity index (χ4n) is 1.24. The molecular weight excluding hydrogens is 122 g/mol. The lowest BCUT2D eigenvalue weighted by Crippen LogP contribution is -2.43. The van der Waals surface area contributed by atoms with Gasteiger partial charge in [0.05, 0.1) is 0 Å². The second-order valence-corrected chi connectivity index (χ2v) is 3.23. The van der Waals surface area contributed by atoms with Gasteiger partial charge in [-0.2, -0.15) is 0 Å². The summed E-state index contributed by atoms with van der Waals surface area (Å²) in [5.74, 6) is 0. The third-order valence-electron chi connectivity index (χ3n) is 2.23. The van der Waals surface area contributed by atoms with Crippen LogP contribution in [0.25, 0.3) is 0 Å². The van der Waals surface area contributed by atoms with Crippen LogP contribution in [0.4, 0.5) is 0 Å². The molecule has 0 aliphatic heterocycles. The van der Waals surface area contributed by atoms with Crippen molar-refractivity contribution in [2.75, 3.05) is 13.1 Å². The van der Waals surface area contributed by atoms with Gasteiger partial charge in [0.25, 0.3) is 0 Å². The molecule has 0 N–H and O–H groups in total. The van der Waals surface area contributed by atoms with Gasteiger partial charge in [-0.15, -0.1) is 0 Å². The van der Waals surface area contributed by atoms with E-state index in [0.29, 0.717) is 0 Å². The minimum atomic E-state index is 0.281. The predicted octanol–water partition coefficient (Wildman–Crippen LogP) is 2.33. The SMILES string of the molecule is [CH2]CC(C)(C)N(CC)CC. The van der Waals surface area contributed by atoms with Crippen LogP contribution in [0.15, 0.2) is 0 Å². The van der Waals surface area contributed by atoms with Crippen molar-refractivity contribution in [3.8, 4) is 0 Å². The van der Waals surface area contributed by atoms with Crippen LogP contribution in [0.2, 0.25) is 0 Å². The van der Waals surface area contributed by atoms with Crippen LogP contribution in [0.5, 0.6) is 0 Å². The van der Waals surface area contributed by atoms with Crippen molar-refractivity contribution in [3.63, 3.8) is 0 Å². The fourth-order valence-corrected chi connectivity index (χ4v) is 1.24. The first-order chi connectivity index (χ1) is 4.58. The highest BCUT2D eigenvalue weighted by Gasteiger charge is 2.20. The van der Waals surface area contributed by atoms with Crippen molar-refractivity contribution in [1.29, 1.82) is 0 Å². The summed E-state index contributed by atoms with van der Waals surface area (Å²) < 4.78 is 0. The Balaban J connectivity index is 3.97. The largest absolute Gasteiger partial charge is 0.299 e. The third kappa shape index (κ3) is 2.30. The quantitative estimate of drug-likeness (QED) is 0.582. The first-order valence-corrected chi connectivity index (χ1v) is 4.12. The minimum Gasteiger partial charge on any atom is -0.299 e. The van der Waals surface area contributed by atoms with Gasteiger partial charge in [0.15, 0.2) is 0 Å². The molecule has 0 saturated heterocycles. The zero-order valence-electron chi connectivity index (χ0n) is 7.78. The van der Waals surface area contributed by atoms with E-state index in [-0.39, 0.29) is 5.54 Å². The molecule has 0 bridgehead atoms. The average Bonchev–Trinajstić information content (AvgIpc) is 1.90. The van der Waals surface area contributed by atoms with Gasteiger partial charge in [0.2, 0.25) is 0 Å². The van der Waals surface area contributed by atoms with E-state index in [0.717, 1.165) is 19.5 Å². The molecule has 0 spiro atoms. The molecule has 61 valence electrons. The van der Waals surface area contributed by atoms with E-state index in [1.807, 2.05) is 0 Å². The van der Waals surface area contributed by atoms with Crippen molar-refractivity contribution in [1.82, 2.24) is 4.90 Å². The summed E-state index contributed by atoms with van der Waals surface area (Å²) in [5, 5.41) is 0. The van der Waals surface area contributed by atoms with Crippen LogP contribution in [-0.2, 0) is 0 Å². The molecule has 0 amide bonds. The molecule has 0 fully saturated rings. The van der Waals surface area contributed by atoms with Gasteiger partial charge in [-0.05, 0) is 33.4 Å². The lowest BCUT2D eigenvalue weighted by molar-refractivity contribution is 0.137. The summed E-state index contributed by atoms with van der Waals surface area (Å²) >= 11 is 0. The Bertz CT molecular complexity index is 82.7. The highest BCUT2D eigenvalue weighted by molar-refractivity contribution is 4.80. The molecular formula is C9H20N. The molecule has 1 nitrogen and oxygen atoms in total. The number of hydrogen-bond acceptors (Lipinski definition) is 1. The molecule has 0 aliphatic carbocycles. The highest BCUT2D eigenvalue weighted by Crippen LogP contribution is 2.16. The molecule has 0 aromatic rings. The van der Waals surface area contributed by atoms with Crippen LogP contribution in [0.3, 0.4) is 0 Å².